The highest BCUT2D eigenvalue weighted by molar-refractivity contribution is 9.10. The number of hydrogen-bond donors (Lipinski definition) is 2. The van der Waals surface area contributed by atoms with Crippen molar-refractivity contribution in [2.45, 2.75) is 44.4 Å². The zero-order valence-corrected chi connectivity index (χ0v) is 21.4. The zero-order valence-electron chi connectivity index (χ0n) is 19.8. The summed E-state index contributed by atoms with van der Waals surface area (Å²) in [4.78, 5) is 11.3. The molecule has 4 aromatic rings. The molecule has 1 aromatic carbocycles. The Kier molecular flexibility index (Phi) is 7.02. The average molecular weight is 548 g/mol. The fraction of sp³-hybridized carbons (Fsp3) is 0.308. The van der Waals surface area contributed by atoms with Gasteiger partial charge in [-0.3, -0.25) is 0 Å². The van der Waals surface area contributed by atoms with Crippen molar-refractivity contribution in [1.82, 2.24) is 19.6 Å². The number of halogens is 1. The lowest BCUT2D eigenvalue weighted by atomic mass is 9.92. The number of rotatable bonds is 7. The van der Waals surface area contributed by atoms with Crippen LogP contribution in [0.15, 0.2) is 59.3 Å². The Morgan fingerprint density at radius 1 is 1.22 bits per heavy atom. The summed E-state index contributed by atoms with van der Waals surface area (Å²) in [5, 5.41) is 28.3. The van der Waals surface area contributed by atoms with Crippen LogP contribution in [0, 0.1) is 11.3 Å². The highest BCUT2D eigenvalue weighted by Crippen LogP contribution is 2.33. The number of ether oxygens (including phenoxy) is 1. The van der Waals surface area contributed by atoms with Crippen molar-refractivity contribution in [2.75, 3.05) is 17.3 Å². The van der Waals surface area contributed by atoms with E-state index in [1.54, 1.807) is 11.6 Å². The Balaban J connectivity index is 1.62. The van der Waals surface area contributed by atoms with Crippen LogP contribution in [0.25, 0.3) is 5.65 Å². The van der Waals surface area contributed by atoms with Crippen LogP contribution >= 0.6 is 15.9 Å². The number of benzene rings is 1. The molecule has 2 atom stereocenters. The smallest absolute Gasteiger partial charge is 0.179 e. The van der Waals surface area contributed by atoms with Gasteiger partial charge in [-0.1, -0.05) is 31.0 Å². The van der Waals surface area contributed by atoms with Crippen LogP contribution in [0.2, 0.25) is 0 Å². The standard InChI is InChI=1S/C26H26BrN7O2/c1-36-19-11-9-17(10-12-19)16-33(25-8-4-7-23(27)31-25)21-13-24(30-20-5-2-3-6-22(20)35)32-34-18(14-28)15-29-26(21)34/h4,7-13,15,20,22,35H,2-3,5-6,16H2,1H3,(H,30,32)/t20-,22-/m1/s1. The molecule has 0 radical (unpaired) electrons. The van der Waals surface area contributed by atoms with Gasteiger partial charge in [0, 0.05) is 12.6 Å². The van der Waals surface area contributed by atoms with E-state index in [9.17, 15) is 10.4 Å². The first-order valence-corrected chi connectivity index (χ1v) is 12.6. The maximum absolute atomic E-state index is 10.5. The predicted molar refractivity (Wildman–Crippen MR) is 140 cm³/mol. The summed E-state index contributed by atoms with van der Waals surface area (Å²) >= 11 is 3.49. The summed E-state index contributed by atoms with van der Waals surface area (Å²) < 4.78 is 7.57. The van der Waals surface area contributed by atoms with Crippen molar-refractivity contribution in [3.63, 3.8) is 0 Å². The SMILES string of the molecule is COc1ccc(CN(c2cccc(Br)n2)c2cc(N[C@@H]3CCCC[C@H]3O)nn3c(C#N)cnc23)cc1. The Labute approximate surface area is 217 Å². The van der Waals surface area contributed by atoms with Crippen LogP contribution in [0.1, 0.15) is 36.9 Å². The van der Waals surface area contributed by atoms with Gasteiger partial charge in [0.2, 0.25) is 0 Å². The number of nitrogens with one attached hydrogen (secondary N) is 1. The molecule has 5 rings (SSSR count). The van der Waals surface area contributed by atoms with Crippen molar-refractivity contribution in [3.8, 4) is 11.8 Å². The molecule has 36 heavy (non-hydrogen) atoms. The van der Waals surface area contributed by atoms with E-state index in [4.69, 9.17) is 9.72 Å². The molecule has 9 nitrogen and oxygen atoms in total. The summed E-state index contributed by atoms with van der Waals surface area (Å²) in [5.74, 6) is 2.05. The summed E-state index contributed by atoms with van der Waals surface area (Å²) in [5.41, 5.74) is 2.64. The molecule has 1 fully saturated rings. The van der Waals surface area contributed by atoms with Crippen molar-refractivity contribution >= 4 is 38.9 Å². The molecule has 2 N–H and O–H groups in total. The minimum atomic E-state index is -0.444. The lowest BCUT2D eigenvalue weighted by Gasteiger charge is -2.29. The van der Waals surface area contributed by atoms with Crippen molar-refractivity contribution < 1.29 is 9.84 Å². The van der Waals surface area contributed by atoms with Crippen LogP contribution in [-0.2, 0) is 6.54 Å². The number of aliphatic hydroxyl groups excluding tert-OH is 1. The molecule has 0 amide bonds. The molecule has 3 heterocycles. The molecule has 0 saturated heterocycles. The first kappa shape index (κ1) is 24.0. The molecule has 0 unspecified atom stereocenters. The van der Waals surface area contributed by atoms with Gasteiger partial charge in [-0.15, -0.1) is 5.10 Å². The van der Waals surface area contributed by atoms with Crippen molar-refractivity contribution in [1.29, 1.82) is 5.26 Å². The Bertz CT molecular complexity index is 1400. The Morgan fingerprint density at radius 2 is 2.03 bits per heavy atom. The molecule has 1 aliphatic carbocycles. The highest BCUT2D eigenvalue weighted by Gasteiger charge is 2.25. The lowest BCUT2D eigenvalue weighted by Crippen LogP contribution is -2.36. The van der Waals surface area contributed by atoms with Crippen LogP contribution in [-0.4, -0.2) is 43.9 Å². The zero-order chi connectivity index (χ0) is 25.1. The predicted octanol–water partition coefficient (Wildman–Crippen LogP) is 4.82. The molecule has 3 aromatic heterocycles. The maximum atomic E-state index is 10.5. The molecule has 1 saturated carbocycles. The maximum Gasteiger partial charge on any atom is 0.179 e. The van der Waals surface area contributed by atoms with E-state index >= 15 is 0 Å². The number of anilines is 3. The van der Waals surface area contributed by atoms with Gasteiger partial charge in [0.15, 0.2) is 11.3 Å². The van der Waals surface area contributed by atoms with E-state index in [0.29, 0.717) is 34.1 Å². The molecular weight excluding hydrogens is 522 g/mol. The second kappa shape index (κ2) is 10.5. The molecule has 184 valence electrons. The highest BCUT2D eigenvalue weighted by atomic mass is 79.9. The van der Waals surface area contributed by atoms with Gasteiger partial charge in [-0.25, -0.2) is 9.97 Å². The number of imidazole rings is 1. The number of pyridine rings is 1. The number of methoxy groups -OCH3 is 1. The Morgan fingerprint density at radius 3 is 2.75 bits per heavy atom. The van der Waals surface area contributed by atoms with E-state index in [2.05, 4.69) is 37.4 Å². The monoisotopic (exact) mass is 547 g/mol. The number of hydrogen-bond acceptors (Lipinski definition) is 8. The van der Waals surface area contributed by atoms with Crippen LogP contribution in [0.5, 0.6) is 5.75 Å². The van der Waals surface area contributed by atoms with E-state index in [-0.39, 0.29) is 6.04 Å². The second-order valence-corrected chi connectivity index (χ2v) is 9.57. The van der Waals surface area contributed by atoms with Crippen molar-refractivity contribution in [3.05, 3.63) is 70.6 Å². The van der Waals surface area contributed by atoms with E-state index < -0.39 is 6.10 Å². The lowest BCUT2D eigenvalue weighted by molar-refractivity contribution is 0.116. The minimum absolute atomic E-state index is 0.107. The topological polar surface area (TPSA) is 112 Å². The van der Waals surface area contributed by atoms with Gasteiger partial charge in [0.05, 0.1) is 31.1 Å². The number of fused-ring (bicyclic) bond motifs is 1. The number of aliphatic hydroxyl groups is 1. The molecule has 10 heteroatoms. The van der Waals surface area contributed by atoms with Crippen LogP contribution in [0.3, 0.4) is 0 Å². The normalized spacial score (nSPS) is 17.5. The van der Waals surface area contributed by atoms with Crippen LogP contribution < -0.4 is 15.0 Å². The molecule has 0 bridgehead atoms. The summed E-state index contributed by atoms with van der Waals surface area (Å²) in [6, 6.07) is 17.6. The Hall–Kier alpha value is -3.68. The van der Waals surface area contributed by atoms with Crippen molar-refractivity contribution in [2.24, 2.45) is 0 Å². The third-order valence-electron chi connectivity index (χ3n) is 6.39. The summed E-state index contributed by atoms with van der Waals surface area (Å²) in [7, 11) is 1.64. The fourth-order valence-electron chi connectivity index (χ4n) is 4.52. The van der Waals surface area contributed by atoms with E-state index in [1.165, 1.54) is 6.20 Å². The molecule has 1 aliphatic rings. The minimum Gasteiger partial charge on any atom is -0.497 e. The average Bonchev–Trinajstić information content (AvgIpc) is 3.32. The van der Waals surface area contributed by atoms with Gasteiger partial charge in [-0.05, 0) is 58.6 Å². The molecule has 0 spiro atoms. The number of nitrogens with zero attached hydrogens (tertiary/aromatic N) is 6. The van der Waals surface area contributed by atoms with E-state index in [1.807, 2.05) is 53.4 Å². The van der Waals surface area contributed by atoms with Gasteiger partial charge in [0.1, 0.15) is 28.1 Å². The van der Waals surface area contributed by atoms with Gasteiger partial charge in [-0.2, -0.15) is 9.78 Å². The van der Waals surface area contributed by atoms with E-state index in [0.717, 1.165) is 42.7 Å². The first-order chi connectivity index (χ1) is 17.6. The summed E-state index contributed by atoms with van der Waals surface area (Å²) in [6.07, 6.45) is 4.75. The summed E-state index contributed by atoms with van der Waals surface area (Å²) in [6.45, 7) is 0.493. The first-order valence-electron chi connectivity index (χ1n) is 11.8. The third kappa shape index (κ3) is 4.98. The molecule has 0 aliphatic heterocycles. The van der Waals surface area contributed by atoms with Gasteiger partial charge >= 0.3 is 0 Å². The number of aromatic nitrogens is 4. The van der Waals surface area contributed by atoms with Gasteiger partial charge in [0.25, 0.3) is 0 Å². The largest absolute Gasteiger partial charge is 0.497 e. The van der Waals surface area contributed by atoms with Crippen LogP contribution in [0.4, 0.5) is 17.3 Å². The number of nitriles is 1. The fourth-order valence-corrected chi connectivity index (χ4v) is 4.85. The molecular formula is C26H26BrN7O2. The van der Waals surface area contributed by atoms with Gasteiger partial charge < -0.3 is 20.1 Å². The quantitative estimate of drug-likeness (QED) is 0.316. The second-order valence-electron chi connectivity index (χ2n) is 8.76. The third-order valence-corrected chi connectivity index (χ3v) is 6.83.